The number of carbonyl (C=O) groups excluding carboxylic acids is 1. The van der Waals surface area contributed by atoms with Crippen molar-refractivity contribution < 1.29 is 28.9 Å². The highest BCUT2D eigenvalue weighted by Gasteiger charge is 2.27. The smallest absolute Gasteiger partial charge is 0.493 e. The summed E-state index contributed by atoms with van der Waals surface area (Å²) in [5.41, 5.74) is 2.36. The molecule has 2 heterocycles. The lowest BCUT2D eigenvalue weighted by atomic mass is 10.0. The number of carbonyl (C=O) groups is 2. The van der Waals surface area contributed by atoms with E-state index in [1.165, 1.54) is 0 Å². The summed E-state index contributed by atoms with van der Waals surface area (Å²) in [6, 6.07) is 20.2. The molecule has 9 nitrogen and oxygen atoms in total. The van der Waals surface area contributed by atoms with Crippen LogP contribution >= 0.6 is 23.2 Å². The summed E-state index contributed by atoms with van der Waals surface area (Å²) in [5, 5.41) is 20.7. The van der Waals surface area contributed by atoms with Crippen molar-refractivity contribution in [2.24, 2.45) is 0 Å². The summed E-state index contributed by atoms with van der Waals surface area (Å²) in [6.45, 7) is 0.295. The average Bonchev–Trinajstić information content (AvgIpc) is 2.90. The Morgan fingerprint density at radius 3 is 2.53 bits per heavy atom. The van der Waals surface area contributed by atoms with E-state index in [1.807, 2.05) is 12.1 Å². The van der Waals surface area contributed by atoms with Crippen LogP contribution in [-0.2, 0) is 4.74 Å². The van der Waals surface area contributed by atoms with Gasteiger partial charge in [-0.15, -0.1) is 10.2 Å². The van der Waals surface area contributed by atoms with Crippen LogP contribution in [0.1, 0.15) is 28.4 Å². The molecule has 1 aliphatic heterocycles. The lowest BCUT2D eigenvalue weighted by molar-refractivity contribution is 0.0326. The van der Waals surface area contributed by atoms with E-state index in [0.717, 1.165) is 5.56 Å². The van der Waals surface area contributed by atoms with E-state index < -0.39 is 12.3 Å². The Morgan fingerprint density at radius 2 is 1.82 bits per heavy atom. The van der Waals surface area contributed by atoms with Crippen molar-refractivity contribution in [1.29, 1.82) is 0 Å². The quantitative estimate of drug-likeness (QED) is 0.245. The van der Waals surface area contributed by atoms with Gasteiger partial charge < -0.3 is 24.6 Å². The summed E-state index contributed by atoms with van der Waals surface area (Å²) in [7, 11) is 0. The first-order valence-electron chi connectivity index (χ1n) is 11.4. The van der Waals surface area contributed by atoms with Crippen molar-refractivity contribution in [3.63, 3.8) is 0 Å². The second-order valence-corrected chi connectivity index (χ2v) is 9.07. The van der Waals surface area contributed by atoms with Gasteiger partial charge in [0.05, 0.1) is 17.3 Å². The topological polar surface area (TPSA) is 120 Å². The molecule has 3 aromatic carbocycles. The van der Waals surface area contributed by atoms with Gasteiger partial charge in [-0.1, -0.05) is 35.3 Å². The van der Waals surface area contributed by atoms with Crippen LogP contribution < -0.4 is 14.8 Å². The number of nitrogens with zero attached hydrogens (tertiary/aromatic N) is 2. The third kappa shape index (κ3) is 5.80. The maximum absolute atomic E-state index is 12.7. The molecule has 1 amide bonds. The maximum atomic E-state index is 12.7. The van der Waals surface area contributed by atoms with Crippen molar-refractivity contribution in [3.8, 4) is 28.5 Å². The lowest BCUT2D eigenvalue weighted by Gasteiger charge is -2.25. The van der Waals surface area contributed by atoms with Crippen molar-refractivity contribution in [2.75, 3.05) is 11.9 Å². The van der Waals surface area contributed by atoms with Crippen LogP contribution in [0.5, 0.6) is 17.2 Å². The Hall–Kier alpha value is -4.34. The van der Waals surface area contributed by atoms with Crippen molar-refractivity contribution in [1.82, 2.24) is 10.2 Å². The van der Waals surface area contributed by atoms with Crippen LogP contribution in [0, 0.1) is 0 Å². The highest BCUT2D eigenvalue weighted by molar-refractivity contribution is 6.32. The normalized spacial score (nSPS) is 14.1. The number of nitrogens with one attached hydrogen (secondary N) is 1. The second-order valence-electron chi connectivity index (χ2n) is 8.22. The molecule has 38 heavy (non-hydrogen) atoms. The molecule has 192 valence electrons. The van der Waals surface area contributed by atoms with Crippen molar-refractivity contribution in [2.45, 2.75) is 12.5 Å². The molecule has 1 unspecified atom stereocenters. The number of hydrogen-bond acceptors (Lipinski definition) is 7. The number of aromatic nitrogens is 2. The Labute approximate surface area is 226 Å². The zero-order valence-corrected chi connectivity index (χ0v) is 21.1. The van der Waals surface area contributed by atoms with E-state index >= 15 is 0 Å². The molecule has 0 aliphatic carbocycles. The lowest BCUT2D eigenvalue weighted by Crippen LogP contribution is -2.18. The summed E-state index contributed by atoms with van der Waals surface area (Å²) in [5.74, 6) is 1.11. The summed E-state index contributed by atoms with van der Waals surface area (Å²) >= 11 is 12.4. The Morgan fingerprint density at radius 1 is 1.00 bits per heavy atom. The van der Waals surface area contributed by atoms with Crippen molar-refractivity contribution in [3.05, 3.63) is 94.0 Å². The minimum absolute atomic E-state index is 0.259. The molecule has 0 spiro atoms. The standard InChI is InChI=1S/C27H19Cl2N3O6/c28-17-3-1-2-16(12-17)21-8-9-25(32-31-21)30-26(33)15-4-6-18(7-5-15)37-24-14-23-19(13-20(24)29)22(10-11-36-23)38-27(34)35/h1-9,12-14,22H,10-11H2,(H,34,35)(H,30,32,33). The van der Waals surface area contributed by atoms with Crippen LogP contribution in [0.3, 0.4) is 0 Å². The summed E-state index contributed by atoms with van der Waals surface area (Å²) < 4.78 is 16.4. The minimum atomic E-state index is -1.37. The first-order chi connectivity index (χ1) is 18.4. The van der Waals surface area contributed by atoms with Gasteiger partial charge in [-0.3, -0.25) is 4.79 Å². The van der Waals surface area contributed by atoms with Gasteiger partial charge in [-0.05, 0) is 54.6 Å². The van der Waals surface area contributed by atoms with Gasteiger partial charge >= 0.3 is 6.16 Å². The molecule has 1 aromatic heterocycles. The summed E-state index contributed by atoms with van der Waals surface area (Å²) in [6.07, 6.45) is -1.65. The molecule has 5 rings (SSSR count). The molecule has 0 bridgehead atoms. The number of anilines is 1. The molecule has 0 fully saturated rings. The minimum Gasteiger partial charge on any atom is -0.493 e. The average molecular weight is 552 g/mol. The van der Waals surface area contributed by atoms with E-state index in [4.69, 9.17) is 42.5 Å². The molecule has 0 radical (unpaired) electrons. The predicted molar refractivity (Wildman–Crippen MR) is 140 cm³/mol. The Kier molecular flexibility index (Phi) is 7.30. The molecule has 4 aromatic rings. The number of fused-ring (bicyclic) bond motifs is 1. The van der Waals surface area contributed by atoms with E-state index in [1.54, 1.807) is 60.7 Å². The number of benzene rings is 3. The number of amides is 1. The van der Waals surface area contributed by atoms with E-state index in [0.29, 0.717) is 57.9 Å². The Balaban J connectivity index is 1.24. The van der Waals surface area contributed by atoms with Gasteiger partial charge in [0.2, 0.25) is 0 Å². The first-order valence-corrected chi connectivity index (χ1v) is 12.2. The fraction of sp³-hybridized carbons (Fsp3) is 0.111. The van der Waals surface area contributed by atoms with Crippen LogP contribution in [0.2, 0.25) is 10.0 Å². The van der Waals surface area contributed by atoms with Gasteiger partial charge in [0.25, 0.3) is 5.91 Å². The molecule has 1 aliphatic rings. The largest absolute Gasteiger partial charge is 0.506 e. The number of hydrogen-bond donors (Lipinski definition) is 2. The third-order valence-electron chi connectivity index (χ3n) is 5.66. The molecule has 1 atom stereocenters. The van der Waals surface area contributed by atoms with Gasteiger partial charge in [-0.25, -0.2) is 4.79 Å². The number of carboxylic acid groups (broad SMARTS) is 1. The van der Waals surface area contributed by atoms with E-state index in [-0.39, 0.29) is 10.9 Å². The zero-order chi connectivity index (χ0) is 26.6. The highest BCUT2D eigenvalue weighted by atomic mass is 35.5. The number of rotatable bonds is 6. The van der Waals surface area contributed by atoms with Gasteiger partial charge in [0.1, 0.15) is 23.4 Å². The van der Waals surface area contributed by atoms with Crippen LogP contribution in [0.4, 0.5) is 10.6 Å². The van der Waals surface area contributed by atoms with E-state index in [9.17, 15) is 9.59 Å². The van der Waals surface area contributed by atoms with Gasteiger partial charge in [-0.2, -0.15) is 0 Å². The van der Waals surface area contributed by atoms with Crippen LogP contribution in [0.25, 0.3) is 11.3 Å². The third-order valence-corrected chi connectivity index (χ3v) is 6.19. The molecule has 0 saturated carbocycles. The molecular weight excluding hydrogens is 533 g/mol. The first kappa shape index (κ1) is 25.3. The summed E-state index contributed by atoms with van der Waals surface area (Å²) in [4.78, 5) is 23.6. The molecule has 2 N–H and O–H groups in total. The van der Waals surface area contributed by atoms with Crippen LogP contribution in [0.15, 0.2) is 72.8 Å². The monoisotopic (exact) mass is 551 g/mol. The zero-order valence-electron chi connectivity index (χ0n) is 19.6. The van der Waals surface area contributed by atoms with Gasteiger partial charge in [0, 0.05) is 34.2 Å². The van der Waals surface area contributed by atoms with E-state index in [2.05, 4.69) is 15.5 Å². The molecule has 11 heteroatoms. The highest BCUT2D eigenvalue weighted by Crippen LogP contribution is 2.42. The maximum Gasteiger partial charge on any atom is 0.506 e. The Bertz CT molecular complexity index is 1500. The second kappa shape index (κ2) is 11.0. The van der Waals surface area contributed by atoms with Gasteiger partial charge in [0.15, 0.2) is 5.82 Å². The fourth-order valence-electron chi connectivity index (χ4n) is 3.87. The predicted octanol–water partition coefficient (Wildman–Crippen LogP) is 7.01. The van der Waals surface area contributed by atoms with Crippen molar-refractivity contribution >= 4 is 41.1 Å². The van der Waals surface area contributed by atoms with Crippen LogP contribution in [-0.4, -0.2) is 34.0 Å². The SMILES string of the molecule is O=C(O)OC1CCOc2cc(Oc3ccc(C(=O)Nc4ccc(-c5cccc(Cl)c5)nn4)cc3)c(Cl)cc21. The fourth-order valence-corrected chi connectivity index (χ4v) is 4.27. The number of ether oxygens (including phenoxy) is 3. The molecular formula is C27H19Cl2N3O6. The molecule has 0 saturated heterocycles. The number of halogens is 2.